The predicted molar refractivity (Wildman–Crippen MR) is 94.4 cm³/mol. The largest absolute Gasteiger partial charge is 0.508 e. The zero-order valence-corrected chi connectivity index (χ0v) is 15.2. The van der Waals surface area contributed by atoms with Crippen molar-refractivity contribution >= 4 is 0 Å². The first-order chi connectivity index (χ1) is 12.5. The van der Waals surface area contributed by atoms with E-state index in [4.69, 9.17) is 23.7 Å². The summed E-state index contributed by atoms with van der Waals surface area (Å²) < 4.78 is 27.2. The van der Waals surface area contributed by atoms with Gasteiger partial charge in [0.2, 0.25) is 11.5 Å². The first kappa shape index (κ1) is 17.8. The molecule has 0 saturated carbocycles. The maximum Gasteiger partial charge on any atom is 0.207 e. The Morgan fingerprint density at radius 1 is 0.846 bits per heavy atom. The Balaban J connectivity index is 2.01. The second-order valence-electron chi connectivity index (χ2n) is 5.93. The van der Waals surface area contributed by atoms with Crippen molar-refractivity contribution in [3.63, 3.8) is 0 Å². The summed E-state index contributed by atoms with van der Waals surface area (Å²) in [6.45, 7) is 0.318. The highest BCUT2D eigenvalue weighted by Gasteiger charge is 2.30. The van der Waals surface area contributed by atoms with Crippen molar-refractivity contribution < 1.29 is 33.9 Å². The highest BCUT2D eigenvalue weighted by molar-refractivity contribution is 5.64. The highest BCUT2D eigenvalue weighted by atomic mass is 16.5. The molecule has 1 unspecified atom stereocenters. The number of methoxy groups -OCH3 is 4. The lowest BCUT2D eigenvalue weighted by Gasteiger charge is -2.29. The van der Waals surface area contributed by atoms with Gasteiger partial charge in [-0.3, -0.25) is 0 Å². The van der Waals surface area contributed by atoms with E-state index in [-0.39, 0.29) is 23.2 Å². The van der Waals surface area contributed by atoms with Crippen LogP contribution < -0.4 is 23.7 Å². The van der Waals surface area contributed by atoms with Crippen LogP contribution in [0.3, 0.4) is 0 Å². The van der Waals surface area contributed by atoms with Gasteiger partial charge in [-0.15, -0.1) is 0 Å². The van der Waals surface area contributed by atoms with Gasteiger partial charge in [0.1, 0.15) is 5.75 Å². The van der Waals surface area contributed by atoms with Crippen LogP contribution in [0.4, 0.5) is 0 Å². The van der Waals surface area contributed by atoms with Crippen LogP contribution in [0.5, 0.6) is 40.2 Å². The number of hydrogen-bond donors (Lipinski definition) is 2. The number of aromatic hydroxyl groups is 2. The molecule has 3 rings (SSSR count). The Labute approximate surface area is 151 Å². The average Bonchev–Trinajstić information content (AvgIpc) is 2.67. The summed E-state index contributed by atoms with van der Waals surface area (Å²) >= 11 is 0. The summed E-state index contributed by atoms with van der Waals surface area (Å²) in [4.78, 5) is 0. The number of hydrogen-bond acceptors (Lipinski definition) is 7. The van der Waals surface area contributed by atoms with E-state index >= 15 is 0 Å². The third-order valence-electron chi connectivity index (χ3n) is 4.52. The summed E-state index contributed by atoms with van der Waals surface area (Å²) in [5.41, 5.74) is 1.45. The van der Waals surface area contributed by atoms with Gasteiger partial charge in [-0.1, -0.05) is 0 Å². The van der Waals surface area contributed by atoms with Gasteiger partial charge in [0.15, 0.2) is 23.0 Å². The molecule has 0 bridgehead atoms. The SMILES string of the molecule is COc1cc(O)c(C2COc3c(cc(OC)c(OC)c3OC)C2)cc1O. The number of ether oxygens (including phenoxy) is 5. The fourth-order valence-electron chi connectivity index (χ4n) is 3.26. The van der Waals surface area contributed by atoms with Crippen LogP contribution in [0.25, 0.3) is 0 Å². The van der Waals surface area contributed by atoms with E-state index in [9.17, 15) is 10.2 Å². The van der Waals surface area contributed by atoms with Crippen LogP contribution in [0, 0.1) is 0 Å². The van der Waals surface area contributed by atoms with Crippen LogP contribution in [0.15, 0.2) is 18.2 Å². The van der Waals surface area contributed by atoms with Gasteiger partial charge in [-0.05, 0) is 18.6 Å². The van der Waals surface area contributed by atoms with Crippen LogP contribution >= 0.6 is 0 Å². The maximum absolute atomic E-state index is 10.3. The molecule has 0 amide bonds. The Morgan fingerprint density at radius 3 is 2.15 bits per heavy atom. The van der Waals surface area contributed by atoms with Gasteiger partial charge in [-0.2, -0.15) is 0 Å². The molecule has 1 aliphatic rings. The topological polar surface area (TPSA) is 86.6 Å². The number of fused-ring (bicyclic) bond motifs is 1. The number of phenolic OH excluding ortho intramolecular Hbond substituents is 2. The molecule has 2 N–H and O–H groups in total. The molecule has 0 fully saturated rings. The maximum atomic E-state index is 10.3. The Morgan fingerprint density at radius 2 is 1.54 bits per heavy atom. The molecule has 0 radical (unpaired) electrons. The lowest BCUT2D eigenvalue weighted by molar-refractivity contribution is 0.236. The summed E-state index contributed by atoms with van der Waals surface area (Å²) in [6.07, 6.45) is 0.575. The van der Waals surface area contributed by atoms with E-state index in [1.54, 1.807) is 14.2 Å². The molecule has 0 spiro atoms. The molecule has 140 valence electrons. The van der Waals surface area contributed by atoms with E-state index in [0.717, 1.165) is 5.56 Å². The van der Waals surface area contributed by atoms with Crippen LogP contribution in [0.1, 0.15) is 17.0 Å². The monoisotopic (exact) mass is 362 g/mol. The molecule has 1 heterocycles. The molecule has 2 aromatic carbocycles. The molecular formula is C19H22O7. The number of rotatable bonds is 5. The highest BCUT2D eigenvalue weighted by Crippen LogP contribution is 2.50. The van der Waals surface area contributed by atoms with Crippen molar-refractivity contribution in [2.24, 2.45) is 0 Å². The molecule has 0 aromatic heterocycles. The lowest BCUT2D eigenvalue weighted by atomic mass is 9.89. The van der Waals surface area contributed by atoms with Gasteiger partial charge >= 0.3 is 0 Å². The smallest absolute Gasteiger partial charge is 0.207 e. The second kappa shape index (κ2) is 7.11. The number of benzene rings is 2. The van der Waals surface area contributed by atoms with Crippen LogP contribution in [0.2, 0.25) is 0 Å². The van der Waals surface area contributed by atoms with Crippen molar-refractivity contribution in [3.05, 3.63) is 29.3 Å². The average molecular weight is 362 g/mol. The van der Waals surface area contributed by atoms with Gasteiger partial charge in [0, 0.05) is 23.1 Å². The van der Waals surface area contributed by atoms with Gasteiger partial charge < -0.3 is 33.9 Å². The Kier molecular flexibility index (Phi) is 4.88. The number of phenols is 2. The van der Waals surface area contributed by atoms with Crippen LogP contribution in [-0.4, -0.2) is 45.3 Å². The quantitative estimate of drug-likeness (QED) is 0.791. The third-order valence-corrected chi connectivity index (χ3v) is 4.52. The van der Waals surface area contributed by atoms with E-state index in [1.165, 1.54) is 26.4 Å². The summed E-state index contributed by atoms with van der Waals surface area (Å²) in [5.74, 6) is 2.16. The minimum Gasteiger partial charge on any atom is -0.508 e. The Hall–Kier alpha value is -2.96. The molecule has 1 aliphatic heterocycles. The summed E-state index contributed by atoms with van der Waals surface area (Å²) in [7, 11) is 6.06. The summed E-state index contributed by atoms with van der Waals surface area (Å²) in [5, 5.41) is 20.4. The standard InChI is InChI=1S/C19H22O7/c1-22-15-8-13(20)12(7-14(15)21)11-5-10-6-16(23-2)18(24-3)19(25-4)17(10)26-9-11/h6-8,11,20-21H,5,9H2,1-4H3. The molecule has 2 aromatic rings. The summed E-state index contributed by atoms with van der Waals surface area (Å²) in [6, 6.07) is 4.74. The molecule has 1 atom stereocenters. The first-order valence-corrected chi connectivity index (χ1v) is 8.08. The fourth-order valence-corrected chi connectivity index (χ4v) is 3.26. The molecule has 0 saturated heterocycles. The third kappa shape index (κ3) is 2.89. The van der Waals surface area contributed by atoms with E-state index < -0.39 is 0 Å². The van der Waals surface area contributed by atoms with Gasteiger partial charge in [0.25, 0.3) is 0 Å². The second-order valence-corrected chi connectivity index (χ2v) is 5.93. The molecule has 7 heteroatoms. The van der Waals surface area contributed by atoms with Crippen molar-refractivity contribution in [1.82, 2.24) is 0 Å². The van der Waals surface area contributed by atoms with Crippen molar-refractivity contribution in [2.45, 2.75) is 12.3 Å². The van der Waals surface area contributed by atoms with E-state index in [1.807, 2.05) is 6.07 Å². The molecule has 0 aliphatic carbocycles. The van der Waals surface area contributed by atoms with Crippen molar-refractivity contribution in [3.8, 4) is 40.2 Å². The van der Waals surface area contributed by atoms with Crippen molar-refractivity contribution in [1.29, 1.82) is 0 Å². The minimum absolute atomic E-state index is 0.0315. The minimum atomic E-state index is -0.151. The molecular weight excluding hydrogens is 340 g/mol. The normalized spacial score (nSPS) is 15.6. The predicted octanol–water partition coefficient (Wildman–Crippen LogP) is 2.85. The van der Waals surface area contributed by atoms with Gasteiger partial charge in [-0.25, -0.2) is 0 Å². The zero-order valence-electron chi connectivity index (χ0n) is 15.2. The fraction of sp³-hybridized carbons (Fsp3) is 0.368. The van der Waals surface area contributed by atoms with E-state index in [0.29, 0.717) is 41.6 Å². The molecule has 26 heavy (non-hydrogen) atoms. The lowest BCUT2D eigenvalue weighted by Crippen LogP contribution is -2.20. The Bertz CT molecular complexity index is 816. The first-order valence-electron chi connectivity index (χ1n) is 8.08. The van der Waals surface area contributed by atoms with Crippen LogP contribution in [-0.2, 0) is 6.42 Å². The van der Waals surface area contributed by atoms with Gasteiger partial charge in [0.05, 0.1) is 35.0 Å². The van der Waals surface area contributed by atoms with E-state index in [2.05, 4.69) is 0 Å². The zero-order chi connectivity index (χ0) is 18.8. The van der Waals surface area contributed by atoms with Crippen molar-refractivity contribution in [2.75, 3.05) is 35.0 Å². The molecule has 7 nitrogen and oxygen atoms in total.